The van der Waals surface area contributed by atoms with E-state index in [2.05, 4.69) is 41.0 Å². The van der Waals surface area contributed by atoms with Crippen LogP contribution >= 0.6 is 11.6 Å². The van der Waals surface area contributed by atoms with E-state index in [1.807, 2.05) is 30.6 Å². The summed E-state index contributed by atoms with van der Waals surface area (Å²) in [7, 11) is 0. The Labute approximate surface area is 128 Å². The van der Waals surface area contributed by atoms with E-state index in [0.29, 0.717) is 5.15 Å². The highest BCUT2D eigenvalue weighted by atomic mass is 35.5. The highest BCUT2D eigenvalue weighted by Gasteiger charge is 2.09. The smallest absolute Gasteiger partial charge is 0.137 e. The second-order valence-electron chi connectivity index (χ2n) is 5.10. The van der Waals surface area contributed by atoms with Gasteiger partial charge in [-0.05, 0) is 48.7 Å². The van der Waals surface area contributed by atoms with Crippen molar-refractivity contribution >= 4 is 28.7 Å². The fraction of sp³-hybridized carbons (Fsp3) is 0.176. The molecule has 1 aliphatic carbocycles. The summed E-state index contributed by atoms with van der Waals surface area (Å²) in [4.78, 5) is 11.4. The van der Waals surface area contributed by atoms with Gasteiger partial charge in [0.1, 0.15) is 10.8 Å². The van der Waals surface area contributed by atoms with Crippen molar-refractivity contribution in [2.75, 3.05) is 0 Å². The third-order valence-corrected chi connectivity index (χ3v) is 3.78. The Kier molecular flexibility index (Phi) is 3.76. The Morgan fingerprint density at radius 3 is 2.86 bits per heavy atom. The number of hydrogen-bond donors (Lipinski definition) is 1. The number of fused-ring (bicyclic) bond motifs is 2. The van der Waals surface area contributed by atoms with Gasteiger partial charge in [-0.1, -0.05) is 23.8 Å². The molecule has 0 fully saturated rings. The Balaban J connectivity index is 0.000000126. The normalized spacial score (nSPS) is 12.1. The first-order valence-electron chi connectivity index (χ1n) is 6.86. The van der Waals surface area contributed by atoms with Crippen molar-refractivity contribution in [2.24, 2.45) is 0 Å². The lowest BCUT2D eigenvalue weighted by atomic mass is 10.1. The lowest BCUT2D eigenvalue weighted by molar-refractivity contribution is 1.11. The highest BCUT2D eigenvalue weighted by molar-refractivity contribution is 6.29. The number of nitrogens with one attached hydrogen (secondary N) is 1. The van der Waals surface area contributed by atoms with Gasteiger partial charge in [-0.3, -0.25) is 0 Å². The first kappa shape index (κ1) is 13.8. The second-order valence-corrected chi connectivity index (χ2v) is 5.48. The van der Waals surface area contributed by atoms with E-state index in [-0.39, 0.29) is 0 Å². The molecular weight excluding hydrogens is 282 g/mol. The molecule has 0 bridgehead atoms. The summed E-state index contributed by atoms with van der Waals surface area (Å²) in [6, 6.07) is 5.95. The van der Waals surface area contributed by atoms with Crippen molar-refractivity contribution in [3.8, 4) is 0 Å². The topological polar surface area (TPSA) is 41.6 Å². The van der Waals surface area contributed by atoms with E-state index in [1.165, 1.54) is 22.1 Å². The van der Waals surface area contributed by atoms with Crippen molar-refractivity contribution in [3.63, 3.8) is 0 Å². The summed E-state index contributed by atoms with van der Waals surface area (Å²) in [5.74, 6) is 0. The van der Waals surface area contributed by atoms with Gasteiger partial charge >= 0.3 is 0 Å². The summed E-state index contributed by atoms with van der Waals surface area (Å²) >= 11 is 5.79. The Morgan fingerprint density at radius 1 is 1.19 bits per heavy atom. The minimum atomic E-state index is 0.602. The lowest BCUT2D eigenvalue weighted by Crippen LogP contribution is -1.91. The number of aromatic nitrogens is 3. The molecule has 0 saturated heterocycles. The Bertz CT molecular complexity index is 818. The number of allylic oxidation sites excluding steroid dienone is 1. The second kappa shape index (κ2) is 5.70. The van der Waals surface area contributed by atoms with Crippen molar-refractivity contribution in [1.29, 1.82) is 0 Å². The zero-order valence-electron chi connectivity index (χ0n) is 12.0. The molecule has 21 heavy (non-hydrogen) atoms. The van der Waals surface area contributed by atoms with Crippen molar-refractivity contribution in [1.82, 2.24) is 15.0 Å². The predicted octanol–water partition coefficient (Wildman–Crippen LogP) is 4.48. The Morgan fingerprint density at radius 2 is 2.05 bits per heavy atom. The maximum atomic E-state index is 5.79. The van der Waals surface area contributed by atoms with E-state index < -0.39 is 0 Å². The lowest BCUT2D eigenvalue weighted by Gasteiger charge is -2.01. The third kappa shape index (κ3) is 2.83. The molecule has 0 aliphatic heterocycles. The number of H-pyrrole nitrogens is 1. The molecule has 4 rings (SSSR count). The van der Waals surface area contributed by atoms with Crippen molar-refractivity contribution in [2.45, 2.75) is 20.3 Å². The molecule has 1 N–H and O–H groups in total. The maximum Gasteiger partial charge on any atom is 0.137 e. The minimum Gasteiger partial charge on any atom is -0.346 e. The summed E-state index contributed by atoms with van der Waals surface area (Å²) in [6.45, 7) is 4.14. The largest absolute Gasteiger partial charge is 0.346 e. The third-order valence-electron chi connectivity index (χ3n) is 3.59. The van der Waals surface area contributed by atoms with Crippen LogP contribution in [0.25, 0.3) is 17.1 Å². The van der Waals surface area contributed by atoms with Gasteiger partial charge in [0.2, 0.25) is 0 Å². The molecule has 106 valence electrons. The molecule has 0 unspecified atom stereocenters. The average molecular weight is 298 g/mol. The van der Waals surface area contributed by atoms with Gasteiger partial charge in [0, 0.05) is 24.2 Å². The number of pyridine rings is 2. The van der Waals surface area contributed by atoms with Gasteiger partial charge in [-0.15, -0.1) is 0 Å². The summed E-state index contributed by atoms with van der Waals surface area (Å²) in [5, 5.41) is 1.81. The summed E-state index contributed by atoms with van der Waals surface area (Å²) < 4.78 is 0. The molecule has 3 heterocycles. The molecule has 4 heteroatoms. The van der Waals surface area contributed by atoms with Crippen LogP contribution in [0.5, 0.6) is 0 Å². The van der Waals surface area contributed by atoms with Crippen LogP contribution in [-0.2, 0) is 6.42 Å². The Hall–Kier alpha value is -2.13. The average Bonchev–Trinajstić information content (AvgIpc) is 3.08. The number of aromatic amines is 1. The standard InChI is InChI=1S/C9H8ClN.C8H8N2/c1-6-5-9(10)11-8-4-2-3-7(6)8;1-6-2-4-9-8-7(6)3-5-10-8/h2-3,5H,4H2,1H3;2-5H,1H3,(H,9,10). The molecule has 0 amide bonds. The zero-order valence-corrected chi connectivity index (χ0v) is 12.8. The summed E-state index contributed by atoms with van der Waals surface area (Å²) in [5.41, 5.74) is 5.81. The predicted molar refractivity (Wildman–Crippen MR) is 87.6 cm³/mol. The van der Waals surface area contributed by atoms with Gasteiger partial charge in [0.25, 0.3) is 0 Å². The molecule has 0 saturated carbocycles. The molecule has 0 atom stereocenters. The van der Waals surface area contributed by atoms with Gasteiger partial charge < -0.3 is 4.98 Å². The van der Waals surface area contributed by atoms with E-state index in [4.69, 9.17) is 11.6 Å². The molecule has 0 aromatic carbocycles. The van der Waals surface area contributed by atoms with Crippen LogP contribution in [0.4, 0.5) is 0 Å². The minimum absolute atomic E-state index is 0.602. The monoisotopic (exact) mass is 297 g/mol. The van der Waals surface area contributed by atoms with Gasteiger partial charge in [0.15, 0.2) is 0 Å². The van der Waals surface area contributed by atoms with E-state index in [0.717, 1.165) is 17.8 Å². The van der Waals surface area contributed by atoms with Crippen LogP contribution in [0.2, 0.25) is 5.15 Å². The highest BCUT2D eigenvalue weighted by Crippen LogP contribution is 2.23. The van der Waals surface area contributed by atoms with Crippen LogP contribution in [-0.4, -0.2) is 15.0 Å². The quantitative estimate of drug-likeness (QED) is 0.621. The molecule has 0 spiro atoms. The van der Waals surface area contributed by atoms with E-state index >= 15 is 0 Å². The van der Waals surface area contributed by atoms with Crippen LogP contribution in [0.1, 0.15) is 22.4 Å². The molecule has 3 aromatic rings. The molecule has 0 radical (unpaired) electrons. The van der Waals surface area contributed by atoms with Gasteiger partial charge in [0.05, 0.1) is 5.69 Å². The number of halogens is 1. The first-order valence-corrected chi connectivity index (χ1v) is 7.24. The molecule has 3 aromatic heterocycles. The van der Waals surface area contributed by atoms with Crippen LogP contribution < -0.4 is 0 Å². The fourth-order valence-corrected chi connectivity index (χ4v) is 2.74. The number of aryl methyl sites for hydroxylation is 2. The van der Waals surface area contributed by atoms with Gasteiger partial charge in [-0.25, -0.2) is 9.97 Å². The summed E-state index contributed by atoms with van der Waals surface area (Å²) in [6.07, 6.45) is 8.87. The number of hydrogen-bond acceptors (Lipinski definition) is 2. The zero-order chi connectivity index (χ0) is 14.8. The fourth-order valence-electron chi connectivity index (χ4n) is 2.48. The van der Waals surface area contributed by atoms with Crippen LogP contribution in [0, 0.1) is 13.8 Å². The molecular formula is C17H16ClN3. The van der Waals surface area contributed by atoms with Crippen LogP contribution in [0.3, 0.4) is 0 Å². The van der Waals surface area contributed by atoms with Gasteiger partial charge in [-0.2, -0.15) is 0 Å². The molecule has 3 nitrogen and oxygen atoms in total. The van der Waals surface area contributed by atoms with Crippen LogP contribution in [0.15, 0.2) is 36.7 Å². The number of rotatable bonds is 0. The number of nitrogens with zero attached hydrogens (tertiary/aromatic N) is 2. The SMILES string of the molecule is Cc1cc(Cl)nc2c1C=CC2.Cc1ccnc2[nH]ccc12. The van der Waals surface area contributed by atoms with E-state index in [9.17, 15) is 0 Å². The van der Waals surface area contributed by atoms with Crippen molar-refractivity contribution < 1.29 is 0 Å². The molecule has 1 aliphatic rings. The first-order chi connectivity index (χ1) is 10.1. The van der Waals surface area contributed by atoms with Crippen molar-refractivity contribution in [3.05, 3.63) is 64.2 Å². The maximum absolute atomic E-state index is 5.79. The van der Waals surface area contributed by atoms with E-state index in [1.54, 1.807) is 0 Å².